The van der Waals surface area contributed by atoms with Gasteiger partial charge in [0.25, 0.3) is 0 Å². The zero-order chi connectivity index (χ0) is 11.7. The van der Waals surface area contributed by atoms with E-state index in [1.54, 1.807) is 0 Å². The van der Waals surface area contributed by atoms with Crippen LogP contribution in [0.1, 0.15) is 53.4 Å². The van der Waals surface area contributed by atoms with Crippen molar-refractivity contribution < 1.29 is 4.79 Å². The highest BCUT2D eigenvalue weighted by Gasteiger charge is 2.13. The van der Waals surface area contributed by atoms with Gasteiger partial charge >= 0.3 is 0 Å². The second kappa shape index (κ2) is 8.72. The standard InChI is InChI=1S/C12H26N2O/c1-5-7-8-9-10(3)14-11(4)12(15)13-6-2/h10-11,14H,5-9H2,1-4H3,(H,13,15). The minimum Gasteiger partial charge on any atom is -0.355 e. The van der Waals surface area contributed by atoms with Crippen LogP contribution in [0.3, 0.4) is 0 Å². The van der Waals surface area contributed by atoms with Gasteiger partial charge in [0.2, 0.25) is 5.91 Å². The fourth-order valence-electron chi connectivity index (χ4n) is 1.61. The van der Waals surface area contributed by atoms with Crippen molar-refractivity contribution in [3.8, 4) is 0 Å². The number of amides is 1. The van der Waals surface area contributed by atoms with E-state index in [1.165, 1.54) is 19.3 Å². The Bertz CT molecular complexity index is 171. The predicted octanol–water partition coefficient (Wildman–Crippen LogP) is 2.07. The first-order valence-electron chi connectivity index (χ1n) is 6.15. The second-order valence-corrected chi connectivity index (χ2v) is 4.18. The van der Waals surface area contributed by atoms with E-state index >= 15 is 0 Å². The first-order valence-corrected chi connectivity index (χ1v) is 6.15. The van der Waals surface area contributed by atoms with Gasteiger partial charge in [0.15, 0.2) is 0 Å². The molecule has 2 N–H and O–H groups in total. The number of unbranched alkanes of at least 4 members (excludes halogenated alkanes) is 2. The van der Waals surface area contributed by atoms with Gasteiger partial charge in [-0.3, -0.25) is 4.79 Å². The molecule has 0 bridgehead atoms. The number of carbonyl (C=O) groups is 1. The van der Waals surface area contributed by atoms with E-state index in [1.807, 2.05) is 13.8 Å². The Morgan fingerprint density at radius 1 is 1.20 bits per heavy atom. The fraction of sp³-hybridized carbons (Fsp3) is 0.917. The lowest BCUT2D eigenvalue weighted by atomic mass is 10.1. The van der Waals surface area contributed by atoms with Crippen LogP contribution < -0.4 is 10.6 Å². The molecule has 0 fully saturated rings. The van der Waals surface area contributed by atoms with E-state index in [4.69, 9.17) is 0 Å². The fourth-order valence-corrected chi connectivity index (χ4v) is 1.61. The van der Waals surface area contributed by atoms with Crippen LogP contribution in [0.15, 0.2) is 0 Å². The quantitative estimate of drug-likeness (QED) is 0.607. The molecule has 3 heteroatoms. The minimum atomic E-state index is -0.0819. The van der Waals surface area contributed by atoms with Crippen LogP contribution in [0.25, 0.3) is 0 Å². The highest BCUT2D eigenvalue weighted by atomic mass is 16.2. The SMILES string of the molecule is CCCCCC(C)NC(C)C(=O)NCC. The summed E-state index contributed by atoms with van der Waals surface area (Å²) in [6, 6.07) is 0.343. The first kappa shape index (κ1) is 14.4. The average molecular weight is 214 g/mol. The zero-order valence-corrected chi connectivity index (χ0v) is 10.6. The molecule has 1 amide bonds. The normalized spacial score (nSPS) is 14.7. The maximum atomic E-state index is 11.4. The zero-order valence-electron chi connectivity index (χ0n) is 10.6. The molecule has 0 heterocycles. The van der Waals surface area contributed by atoms with Crippen LogP contribution in [-0.2, 0) is 4.79 Å². The van der Waals surface area contributed by atoms with Crippen molar-refractivity contribution in [2.75, 3.05) is 6.54 Å². The minimum absolute atomic E-state index is 0.0819. The lowest BCUT2D eigenvalue weighted by Crippen LogP contribution is -2.45. The Morgan fingerprint density at radius 3 is 2.40 bits per heavy atom. The number of hydrogen-bond donors (Lipinski definition) is 2. The average Bonchev–Trinajstić information content (AvgIpc) is 2.18. The third-order valence-corrected chi connectivity index (χ3v) is 2.52. The summed E-state index contributed by atoms with van der Waals surface area (Å²) < 4.78 is 0. The van der Waals surface area contributed by atoms with Gasteiger partial charge in [-0.1, -0.05) is 26.2 Å². The van der Waals surface area contributed by atoms with Crippen LogP contribution in [-0.4, -0.2) is 24.5 Å². The van der Waals surface area contributed by atoms with E-state index in [-0.39, 0.29) is 11.9 Å². The van der Waals surface area contributed by atoms with Gasteiger partial charge in [-0.25, -0.2) is 0 Å². The smallest absolute Gasteiger partial charge is 0.236 e. The summed E-state index contributed by atoms with van der Waals surface area (Å²) in [4.78, 5) is 11.4. The summed E-state index contributed by atoms with van der Waals surface area (Å²) in [6.07, 6.45) is 4.92. The predicted molar refractivity (Wildman–Crippen MR) is 64.9 cm³/mol. The highest BCUT2D eigenvalue weighted by Crippen LogP contribution is 2.03. The summed E-state index contributed by atoms with van der Waals surface area (Å²) in [5, 5.41) is 6.13. The van der Waals surface area contributed by atoms with Gasteiger partial charge in [-0.05, 0) is 27.2 Å². The summed E-state index contributed by atoms with van der Waals surface area (Å²) >= 11 is 0. The van der Waals surface area contributed by atoms with Gasteiger partial charge in [-0.15, -0.1) is 0 Å². The highest BCUT2D eigenvalue weighted by molar-refractivity contribution is 5.81. The third kappa shape index (κ3) is 7.37. The van der Waals surface area contributed by atoms with Gasteiger partial charge < -0.3 is 10.6 Å². The van der Waals surface area contributed by atoms with Crippen LogP contribution >= 0.6 is 0 Å². The van der Waals surface area contributed by atoms with Gasteiger partial charge in [0, 0.05) is 12.6 Å². The van der Waals surface area contributed by atoms with Crippen LogP contribution in [0.2, 0.25) is 0 Å². The number of rotatable bonds is 8. The van der Waals surface area contributed by atoms with Crippen molar-refractivity contribution in [3.05, 3.63) is 0 Å². The Hall–Kier alpha value is -0.570. The molecule has 0 aliphatic heterocycles. The summed E-state index contributed by atoms with van der Waals surface area (Å²) in [5.74, 6) is 0.0971. The van der Waals surface area contributed by atoms with Crippen LogP contribution in [0, 0.1) is 0 Å². The molecular weight excluding hydrogens is 188 g/mol. The van der Waals surface area contributed by atoms with E-state index < -0.39 is 0 Å². The number of hydrogen-bond acceptors (Lipinski definition) is 2. The Labute approximate surface area is 94.0 Å². The van der Waals surface area contributed by atoms with Crippen molar-refractivity contribution in [2.45, 2.75) is 65.5 Å². The molecule has 0 rings (SSSR count). The maximum Gasteiger partial charge on any atom is 0.236 e. The summed E-state index contributed by atoms with van der Waals surface area (Å²) in [5.41, 5.74) is 0. The Balaban J connectivity index is 3.65. The molecule has 0 aromatic rings. The lowest BCUT2D eigenvalue weighted by molar-refractivity contribution is -0.122. The number of likely N-dealkylation sites (N-methyl/N-ethyl adjacent to an activating group) is 1. The maximum absolute atomic E-state index is 11.4. The molecule has 0 spiro atoms. The van der Waals surface area contributed by atoms with Crippen LogP contribution in [0.5, 0.6) is 0 Å². The van der Waals surface area contributed by atoms with E-state index in [9.17, 15) is 4.79 Å². The molecule has 90 valence electrons. The monoisotopic (exact) mass is 214 g/mol. The second-order valence-electron chi connectivity index (χ2n) is 4.18. The van der Waals surface area contributed by atoms with Crippen molar-refractivity contribution >= 4 is 5.91 Å². The molecule has 0 aliphatic rings. The van der Waals surface area contributed by atoms with Crippen LogP contribution in [0.4, 0.5) is 0 Å². The molecule has 0 aromatic carbocycles. The molecule has 0 aliphatic carbocycles. The lowest BCUT2D eigenvalue weighted by Gasteiger charge is -2.19. The number of nitrogens with one attached hydrogen (secondary N) is 2. The van der Waals surface area contributed by atoms with Gasteiger partial charge in [0.05, 0.1) is 6.04 Å². The number of carbonyl (C=O) groups excluding carboxylic acids is 1. The molecule has 15 heavy (non-hydrogen) atoms. The molecule has 0 saturated heterocycles. The van der Waals surface area contributed by atoms with Crippen molar-refractivity contribution in [1.82, 2.24) is 10.6 Å². The van der Waals surface area contributed by atoms with Crippen molar-refractivity contribution in [2.24, 2.45) is 0 Å². The Kier molecular flexibility index (Phi) is 8.38. The molecule has 2 unspecified atom stereocenters. The van der Waals surface area contributed by atoms with Gasteiger partial charge in [-0.2, -0.15) is 0 Å². The van der Waals surface area contributed by atoms with Crippen molar-refractivity contribution in [1.29, 1.82) is 0 Å². The Morgan fingerprint density at radius 2 is 1.87 bits per heavy atom. The molecular formula is C12H26N2O. The van der Waals surface area contributed by atoms with E-state index in [0.717, 1.165) is 6.42 Å². The van der Waals surface area contributed by atoms with Gasteiger partial charge in [0.1, 0.15) is 0 Å². The summed E-state index contributed by atoms with van der Waals surface area (Å²) in [7, 11) is 0. The molecule has 0 radical (unpaired) electrons. The topological polar surface area (TPSA) is 41.1 Å². The summed E-state index contributed by atoms with van der Waals surface area (Å²) in [6.45, 7) is 8.91. The molecule has 2 atom stereocenters. The largest absolute Gasteiger partial charge is 0.355 e. The third-order valence-electron chi connectivity index (χ3n) is 2.52. The molecule has 3 nitrogen and oxygen atoms in total. The van der Waals surface area contributed by atoms with E-state index in [2.05, 4.69) is 24.5 Å². The molecule has 0 aromatic heterocycles. The van der Waals surface area contributed by atoms with E-state index in [0.29, 0.717) is 12.6 Å². The van der Waals surface area contributed by atoms with Crippen molar-refractivity contribution in [3.63, 3.8) is 0 Å². The molecule has 0 saturated carbocycles. The first-order chi connectivity index (χ1) is 7.11.